The number of hydrogen-bond donors (Lipinski definition) is 1. The molecule has 0 amide bonds. The molecular weight excluding hydrogens is 184 g/mol. The van der Waals surface area contributed by atoms with Gasteiger partial charge in [-0.05, 0) is 36.9 Å². The fourth-order valence-electron chi connectivity index (χ4n) is 1.24. The maximum atomic E-state index is 13.1. The van der Waals surface area contributed by atoms with Crippen molar-refractivity contribution in [3.05, 3.63) is 35.4 Å². The highest BCUT2D eigenvalue weighted by Crippen LogP contribution is 2.13. The Hall–Kier alpha value is -0.960. The molecule has 78 valence electrons. The summed E-state index contributed by atoms with van der Waals surface area (Å²) >= 11 is 0. The van der Waals surface area contributed by atoms with Crippen LogP contribution < -0.4 is 5.73 Å². The molecule has 0 saturated carbocycles. The van der Waals surface area contributed by atoms with E-state index < -0.39 is 11.6 Å². The first-order valence-corrected chi connectivity index (χ1v) is 4.77. The molecular formula is C11H15F2N. The van der Waals surface area contributed by atoms with Crippen molar-refractivity contribution in [3.8, 4) is 0 Å². The van der Waals surface area contributed by atoms with Crippen molar-refractivity contribution in [2.75, 3.05) is 6.54 Å². The lowest BCUT2D eigenvalue weighted by Gasteiger charge is -2.08. The molecule has 0 spiro atoms. The molecule has 3 heteroatoms. The van der Waals surface area contributed by atoms with Gasteiger partial charge in [0.15, 0.2) is 0 Å². The second-order valence-electron chi connectivity index (χ2n) is 3.62. The smallest absolute Gasteiger partial charge is 0.129 e. The van der Waals surface area contributed by atoms with E-state index in [1.165, 1.54) is 12.1 Å². The zero-order chi connectivity index (χ0) is 10.6. The van der Waals surface area contributed by atoms with Crippen LogP contribution in [0.2, 0.25) is 0 Å². The molecule has 0 radical (unpaired) electrons. The molecule has 1 aromatic rings. The van der Waals surface area contributed by atoms with Crippen LogP contribution in [0.25, 0.3) is 0 Å². The molecule has 0 aliphatic rings. The summed E-state index contributed by atoms with van der Waals surface area (Å²) in [6.45, 7) is 2.62. The molecule has 2 N–H and O–H groups in total. The van der Waals surface area contributed by atoms with Crippen molar-refractivity contribution < 1.29 is 8.78 Å². The molecule has 0 saturated heterocycles. The van der Waals surface area contributed by atoms with Gasteiger partial charge in [0.1, 0.15) is 11.6 Å². The van der Waals surface area contributed by atoms with Crippen LogP contribution in [0.4, 0.5) is 8.78 Å². The predicted molar refractivity (Wildman–Crippen MR) is 52.9 cm³/mol. The van der Waals surface area contributed by atoms with Gasteiger partial charge in [-0.25, -0.2) is 8.78 Å². The maximum absolute atomic E-state index is 13.1. The van der Waals surface area contributed by atoms with Gasteiger partial charge in [0, 0.05) is 6.07 Å². The van der Waals surface area contributed by atoms with Gasteiger partial charge in [0.05, 0.1) is 0 Å². The lowest BCUT2D eigenvalue weighted by atomic mass is 10.0. The molecule has 0 heterocycles. The summed E-state index contributed by atoms with van der Waals surface area (Å²) in [5.41, 5.74) is 6.01. The molecule has 1 atom stereocenters. The Kier molecular flexibility index (Phi) is 4.01. The fourth-order valence-corrected chi connectivity index (χ4v) is 1.24. The van der Waals surface area contributed by atoms with Crippen molar-refractivity contribution in [3.63, 3.8) is 0 Å². The van der Waals surface area contributed by atoms with Crippen molar-refractivity contribution >= 4 is 0 Å². The molecule has 0 bridgehead atoms. The lowest BCUT2D eigenvalue weighted by Crippen LogP contribution is -2.11. The largest absolute Gasteiger partial charge is 0.330 e. The topological polar surface area (TPSA) is 26.0 Å². The normalized spacial score (nSPS) is 12.9. The van der Waals surface area contributed by atoms with Gasteiger partial charge in [-0.2, -0.15) is 0 Å². The van der Waals surface area contributed by atoms with E-state index in [1.54, 1.807) is 0 Å². The Bertz CT molecular complexity index is 299. The number of benzene rings is 1. The van der Waals surface area contributed by atoms with Crippen molar-refractivity contribution in [2.45, 2.75) is 19.8 Å². The highest BCUT2D eigenvalue weighted by molar-refractivity contribution is 5.18. The first kappa shape index (κ1) is 11.1. The first-order valence-electron chi connectivity index (χ1n) is 4.77. The summed E-state index contributed by atoms with van der Waals surface area (Å²) in [7, 11) is 0. The van der Waals surface area contributed by atoms with Gasteiger partial charge in [0.2, 0.25) is 0 Å². The van der Waals surface area contributed by atoms with E-state index in [1.807, 2.05) is 6.92 Å². The number of aryl methyl sites for hydroxylation is 1. The maximum Gasteiger partial charge on any atom is 0.129 e. The Morgan fingerprint density at radius 2 is 2.07 bits per heavy atom. The monoisotopic (exact) mass is 199 g/mol. The third kappa shape index (κ3) is 3.07. The Morgan fingerprint density at radius 1 is 1.36 bits per heavy atom. The summed E-state index contributed by atoms with van der Waals surface area (Å²) in [6.07, 6.45) is 1.45. The second kappa shape index (κ2) is 5.05. The van der Waals surface area contributed by atoms with Gasteiger partial charge in [-0.3, -0.25) is 0 Å². The first-order chi connectivity index (χ1) is 6.63. The third-order valence-corrected chi connectivity index (χ3v) is 2.32. The molecule has 0 fully saturated rings. The zero-order valence-corrected chi connectivity index (χ0v) is 8.26. The van der Waals surface area contributed by atoms with Crippen LogP contribution in [0.15, 0.2) is 18.2 Å². The van der Waals surface area contributed by atoms with E-state index in [0.29, 0.717) is 24.4 Å². The summed E-state index contributed by atoms with van der Waals surface area (Å²) in [5, 5.41) is 0. The molecule has 0 aromatic heterocycles. The third-order valence-electron chi connectivity index (χ3n) is 2.32. The highest BCUT2D eigenvalue weighted by atomic mass is 19.1. The van der Waals surface area contributed by atoms with Crippen molar-refractivity contribution in [2.24, 2.45) is 11.7 Å². The minimum absolute atomic E-state index is 0.374. The highest BCUT2D eigenvalue weighted by Gasteiger charge is 2.05. The average molecular weight is 199 g/mol. The van der Waals surface area contributed by atoms with E-state index in [2.05, 4.69) is 0 Å². The summed E-state index contributed by atoms with van der Waals surface area (Å²) in [5.74, 6) is -0.619. The molecule has 14 heavy (non-hydrogen) atoms. The zero-order valence-electron chi connectivity index (χ0n) is 8.26. The van der Waals surface area contributed by atoms with Gasteiger partial charge < -0.3 is 5.73 Å². The lowest BCUT2D eigenvalue weighted by molar-refractivity contribution is 0.524. The van der Waals surface area contributed by atoms with Gasteiger partial charge in [-0.1, -0.05) is 13.0 Å². The average Bonchev–Trinajstić information content (AvgIpc) is 2.16. The van der Waals surface area contributed by atoms with Crippen LogP contribution in [0.3, 0.4) is 0 Å². The summed E-state index contributed by atoms with van der Waals surface area (Å²) in [4.78, 5) is 0. The van der Waals surface area contributed by atoms with Crippen LogP contribution in [0.1, 0.15) is 18.9 Å². The van der Waals surface area contributed by atoms with E-state index >= 15 is 0 Å². The molecule has 1 unspecified atom stereocenters. The van der Waals surface area contributed by atoms with E-state index in [-0.39, 0.29) is 0 Å². The molecule has 1 nitrogen and oxygen atoms in total. The molecule has 1 aromatic carbocycles. The Balaban J connectivity index is 2.59. The van der Waals surface area contributed by atoms with Gasteiger partial charge in [-0.15, -0.1) is 0 Å². The second-order valence-corrected chi connectivity index (χ2v) is 3.62. The fraction of sp³-hybridized carbons (Fsp3) is 0.455. The van der Waals surface area contributed by atoms with E-state index in [0.717, 1.165) is 12.5 Å². The van der Waals surface area contributed by atoms with Crippen LogP contribution in [0.5, 0.6) is 0 Å². The van der Waals surface area contributed by atoms with Crippen molar-refractivity contribution in [1.82, 2.24) is 0 Å². The van der Waals surface area contributed by atoms with Gasteiger partial charge in [0.25, 0.3) is 0 Å². The standard InChI is InChI=1S/C11H15F2N/c1-8(7-14)2-3-9-4-5-10(12)6-11(9)13/h4-6,8H,2-3,7,14H2,1H3. The Morgan fingerprint density at radius 3 is 2.64 bits per heavy atom. The number of halogens is 2. The Labute approximate surface area is 82.9 Å². The van der Waals surface area contributed by atoms with Crippen molar-refractivity contribution in [1.29, 1.82) is 0 Å². The molecule has 0 aliphatic heterocycles. The number of rotatable bonds is 4. The van der Waals surface area contributed by atoms with E-state index in [4.69, 9.17) is 5.73 Å². The summed E-state index contributed by atoms with van der Waals surface area (Å²) in [6, 6.07) is 3.70. The molecule has 1 rings (SSSR count). The van der Waals surface area contributed by atoms with Crippen LogP contribution in [-0.2, 0) is 6.42 Å². The predicted octanol–water partition coefficient (Wildman–Crippen LogP) is 2.49. The number of hydrogen-bond acceptors (Lipinski definition) is 1. The van der Waals surface area contributed by atoms with Crippen LogP contribution in [0, 0.1) is 17.6 Å². The van der Waals surface area contributed by atoms with E-state index in [9.17, 15) is 8.78 Å². The van der Waals surface area contributed by atoms with Crippen LogP contribution >= 0.6 is 0 Å². The SMILES string of the molecule is CC(CN)CCc1ccc(F)cc1F. The minimum Gasteiger partial charge on any atom is -0.330 e. The van der Waals surface area contributed by atoms with Crippen LogP contribution in [-0.4, -0.2) is 6.54 Å². The number of nitrogens with two attached hydrogens (primary N) is 1. The summed E-state index contributed by atoms with van der Waals surface area (Å²) < 4.78 is 25.7. The molecule has 0 aliphatic carbocycles. The van der Waals surface area contributed by atoms with Gasteiger partial charge >= 0.3 is 0 Å². The minimum atomic E-state index is -0.530. The quantitative estimate of drug-likeness (QED) is 0.792.